The number of carboxylic acid groups (broad SMARTS) is 1. The largest absolute Gasteiger partial charge is 0.479 e. The number of carbonyl (C=O) groups is 1. The van der Waals surface area contributed by atoms with Gasteiger partial charge in [-0.2, -0.15) is 0 Å². The van der Waals surface area contributed by atoms with E-state index in [9.17, 15) is 9.90 Å². The maximum absolute atomic E-state index is 12.2. The monoisotopic (exact) mass is 398 g/mol. The zero-order valence-corrected chi connectivity index (χ0v) is 18.0. The molecule has 0 bridgehead atoms. The Balaban J connectivity index is 2.38. The van der Waals surface area contributed by atoms with E-state index in [0.29, 0.717) is 6.42 Å². The maximum Gasteiger partial charge on any atom is 0.334 e. The zero-order chi connectivity index (χ0) is 20.6. The van der Waals surface area contributed by atoms with Crippen molar-refractivity contribution >= 4 is 25.4 Å². The van der Waals surface area contributed by atoms with Crippen LogP contribution in [0.5, 0.6) is 0 Å². The fraction of sp³-hybridized carbons (Fsp3) is 0.348. The highest BCUT2D eigenvalue weighted by molar-refractivity contribution is 6.80. The molecule has 0 spiro atoms. The van der Waals surface area contributed by atoms with Crippen LogP contribution in [-0.4, -0.2) is 38.9 Å². The Bertz CT molecular complexity index is 701. The molecule has 28 heavy (non-hydrogen) atoms. The van der Waals surface area contributed by atoms with E-state index >= 15 is 0 Å². The van der Waals surface area contributed by atoms with Gasteiger partial charge in [0.05, 0.1) is 12.7 Å². The number of carboxylic acids is 1. The third-order valence-electron chi connectivity index (χ3n) is 4.31. The molecule has 0 aliphatic rings. The first-order chi connectivity index (χ1) is 13.3. The van der Waals surface area contributed by atoms with Crippen molar-refractivity contribution in [2.24, 2.45) is 5.41 Å². The van der Waals surface area contributed by atoms with Gasteiger partial charge in [-0.25, -0.2) is 4.79 Å². The van der Waals surface area contributed by atoms with Gasteiger partial charge in [-0.05, 0) is 22.2 Å². The predicted octanol–water partition coefficient (Wildman–Crippen LogP) is 3.00. The molecule has 2 unspecified atom stereocenters. The van der Waals surface area contributed by atoms with Crippen LogP contribution in [0, 0.1) is 5.41 Å². The molecule has 2 aromatic carbocycles. The number of hydrogen-bond donors (Lipinski definition) is 1. The molecule has 0 aromatic heterocycles. The molecule has 0 saturated carbocycles. The fourth-order valence-corrected chi connectivity index (χ4v) is 5.53. The van der Waals surface area contributed by atoms with Crippen molar-refractivity contribution in [3.8, 4) is 0 Å². The third kappa shape index (κ3) is 6.75. The van der Waals surface area contributed by atoms with E-state index < -0.39 is 27.2 Å². The second kappa shape index (κ2) is 10.4. The normalized spacial score (nSPS) is 13.9. The topological polar surface area (TPSA) is 55.8 Å². The van der Waals surface area contributed by atoms with Crippen molar-refractivity contribution in [1.82, 2.24) is 0 Å². The summed E-state index contributed by atoms with van der Waals surface area (Å²) in [6.07, 6.45) is 0.606. The van der Waals surface area contributed by atoms with Gasteiger partial charge in [0.25, 0.3) is 0 Å². The highest BCUT2D eigenvalue weighted by Gasteiger charge is 2.36. The highest BCUT2D eigenvalue weighted by atomic mass is 28.3. The van der Waals surface area contributed by atoms with Gasteiger partial charge in [-0.1, -0.05) is 87.5 Å². The van der Waals surface area contributed by atoms with Crippen LogP contribution in [0.2, 0.25) is 0 Å². The van der Waals surface area contributed by atoms with Gasteiger partial charge in [0.2, 0.25) is 9.04 Å². The molecule has 5 heteroatoms. The summed E-state index contributed by atoms with van der Waals surface area (Å²) in [4.78, 5) is 12.2. The summed E-state index contributed by atoms with van der Waals surface area (Å²) in [6, 6.07) is 19.7. The van der Waals surface area contributed by atoms with Crippen LogP contribution in [-0.2, 0) is 14.0 Å². The summed E-state index contributed by atoms with van der Waals surface area (Å²) < 4.78 is 12.2. The Labute approximate surface area is 169 Å². The SMILES string of the molecule is C=CCOC(CC(C)(C)C)C(O[SiH](c1ccccc1)c1ccccc1)C(=O)O. The summed E-state index contributed by atoms with van der Waals surface area (Å²) >= 11 is 0. The van der Waals surface area contributed by atoms with Crippen molar-refractivity contribution in [1.29, 1.82) is 0 Å². The summed E-state index contributed by atoms with van der Waals surface area (Å²) in [6.45, 7) is 10.2. The van der Waals surface area contributed by atoms with Crippen molar-refractivity contribution in [2.75, 3.05) is 6.61 Å². The zero-order valence-electron chi connectivity index (χ0n) is 16.9. The third-order valence-corrected chi connectivity index (χ3v) is 6.86. The quantitative estimate of drug-likeness (QED) is 0.494. The molecule has 150 valence electrons. The van der Waals surface area contributed by atoms with Crippen LogP contribution < -0.4 is 10.4 Å². The Morgan fingerprint density at radius 1 is 1.07 bits per heavy atom. The molecule has 2 atom stereocenters. The minimum Gasteiger partial charge on any atom is -0.479 e. The van der Waals surface area contributed by atoms with Crippen LogP contribution in [0.25, 0.3) is 0 Å². The molecule has 0 aliphatic carbocycles. The van der Waals surface area contributed by atoms with E-state index in [1.165, 1.54) is 0 Å². The molecule has 0 amide bonds. The minimum atomic E-state index is -2.21. The van der Waals surface area contributed by atoms with Crippen LogP contribution in [0.3, 0.4) is 0 Å². The molecule has 2 rings (SSSR count). The van der Waals surface area contributed by atoms with E-state index in [4.69, 9.17) is 9.16 Å². The predicted molar refractivity (Wildman–Crippen MR) is 116 cm³/mol. The average Bonchev–Trinajstić information content (AvgIpc) is 2.66. The number of benzene rings is 2. The van der Waals surface area contributed by atoms with Gasteiger partial charge < -0.3 is 14.3 Å². The van der Waals surface area contributed by atoms with Gasteiger partial charge in [-0.3, -0.25) is 0 Å². The molecule has 0 heterocycles. The molecule has 4 nitrogen and oxygen atoms in total. The van der Waals surface area contributed by atoms with Crippen molar-refractivity contribution in [3.05, 3.63) is 73.3 Å². The summed E-state index contributed by atoms with van der Waals surface area (Å²) in [7, 11) is -2.21. The molecule has 0 fully saturated rings. The van der Waals surface area contributed by atoms with Crippen molar-refractivity contribution in [2.45, 2.75) is 39.4 Å². The van der Waals surface area contributed by atoms with Gasteiger partial charge in [0.1, 0.15) is 0 Å². The Morgan fingerprint density at radius 2 is 1.57 bits per heavy atom. The first-order valence-corrected chi connectivity index (χ1v) is 11.1. The lowest BCUT2D eigenvalue weighted by Gasteiger charge is -2.32. The van der Waals surface area contributed by atoms with Gasteiger partial charge >= 0.3 is 5.97 Å². The van der Waals surface area contributed by atoms with E-state index in [1.807, 2.05) is 60.7 Å². The average molecular weight is 399 g/mol. The molecule has 0 aliphatic heterocycles. The van der Waals surface area contributed by atoms with Crippen LogP contribution in [0.1, 0.15) is 27.2 Å². The molecule has 2 aromatic rings. The lowest BCUT2D eigenvalue weighted by molar-refractivity contribution is -0.154. The minimum absolute atomic E-state index is 0.0978. The molecule has 1 N–H and O–H groups in total. The number of ether oxygens (including phenoxy) is 1. The van der Waals surface area contributed by atoms with Gasteiger partial charge in [0.15, 0.2) is 6.10 Å². The lowest BCUT2D eigenvalue weighted by Crippen LogP contribution is -2.52. The second-order valence-corrected chi connectivity index (χ2v) is 10.4. The van der Waals surface area contributed by atoms with Crippen LogP contribution in [0.4, 0.5) is 0 Å². The van der Waals surface area contributed by atoms with Gasteiger partial charge in [0, 0.05) is 0 Å². The molecular formula is C23H30O4Si. The van der Waals surface area contributed by atoms with Crippen LogP contribution >= 0.6 is 0 Å². The molecular weight excluding hydrogens is 368 g/mol. The summed E-state index contributed by atoms with van der Waals surface area (Å²) in [5.74, 6) is -0.998. The van der Waals surface area contributed by atoms with E-state index in [2.05, 4.69) is 27.4 Å². The maximum atomic E-state index is 12.2. The number of rotatable bonds is 10. The van der Waals surface area contributed by atoms with E-state index in [-0.39, 0.29) is 12.0 Å². The molecule has 0 saturated heterocycles. The van der Waals surface area contributed by atoms with E-state index in [1.54, 1.807) is 6.08 Å². The van der Waals surface area contributed by atoms with Crippen LogP contribution in [0.15, 0.2) is 73.3 Å². The van der Waals surface area contributed by atoms with Crippen molar-refractivity contribution in [3.63, 3.8) is 0 Å². The smallest absolute Gasteiger partial charge is 0.334 e. The van der Waals surface area contributed by atoms with Crippen molar-refractivity contribution < 1.29 is 19.1 Å². The van der Waals surface area contributed by atoms with E-state index in [0.717, 1.165) is 10.4 Å². The standard InChI is InChI=1S/C23H30O4Si/c1-5-16-26-20(17-23(2,3)4)21(22(24)25)27-28(18-12-8-6-9-13-18)19-14-10-7-11-15-19/h5-15,20-21,28H,1,16-17H2,2-4H3,(H,24,25). The number of hydrogen-bond acceptors (Lipinski definition) is 3. The molecule has 0 radical (unpaired) electrons. The lowest BCUT2D eigenvalue weighted by atomic mass is 9.87. The summed E-state index contributed by atoms with van der Waals surface area (Å²) in [5, 5.41) is 12.1. The Kier molecular flexibility index (Phi) is 8.17. The second-order valence-electron chi connectivity index (χ2n) is 8.02. The number of aliphatic carboxylic acids is 1. The Hall–Kier alpha value is -2.21. The highest BCUT2D eigenvalue weighted by Crippen LogP contribution is 2.25. The van der Waals surface area contributed by atoms with Gasteiger partial charge in [-0.15, -0.1) is 6.58 Å². The first kappa shape index (κ1) is 22.1. The Morgan fingerprint density at radius 3 is 1.96 bits per heavy atom. The summed E-state index contributed by atoms with van der Waals surface area (Å²) in [5.41, 5.74) is -0.0978. The fourth-order valence-electron chi connectivity index (χ4n) is 3.11. The first-order valence-electron chi connectivity index (χ1n) is 9.52.